The van der Waals surface area contributed by atoms with Crippen LogP contribution in [0.1, 0.15) is 5.69 Å². The number of hydrogen-bond donors (Lipinski definition) is 0. The van der Waals surface area contributed by atoms with Crippen molar-refractivity contribution in [1.29, 1.82) is 5.26 Å². The van der Waals surface area contributed by atoms with E-state index < -0.39 is 0 Å². The van der Waals surface area contributed by atoms with Gasteiger partial charge in [0.05, 0.1) is 5.52 Å². The molecule has 3 nitrogen and oxygen atoms in total. The average Bonchev–Trinajstić information content (AvgIpc) is 2.17. The third-order valence-corrected chi connectivity index (χ3v) is 1.60. The molecule has 0 saturated carbocycles. The van der Waals surface area contributed by atoms with Crippen LogP contribution < -0.4 is 0 Å². The number of nitriles is 1. The molecule has 0 aliphatic carbocycles. The van der Waals surface area contributed by atoms with Crippen LogP contribution in [0.2, 0.25) is 0 Å². The molecule has 2 aromatic heterocycles. The second-order valence-electron chi connectivity index (χ2n) is 2.38. The van der Waals surface area contributed by atoms with E-state index >= 15 is 0 Å². The summed E-state index contributed by atoms with van der Waals surface area (Å²) in [5.74, 6) is 0. The van der Waals surface area contributed by atoms with Crippen LogP contribution in [0.15, 0.2) is 30.6 Å². The molecule has 0 radical (unpaired) electrons. The lowest BCUT2D eigenvalue weighted by atomic mass is 10.2. The summed E-state index contributed by atoms with van der Waals surface area (Å²) in [7, 11) is 0. The predicted molar refractivity (Wildman–Crippen MR) is 44.3 cm³/mol. The van der Waals surface area contributed by atoms with Gasteiger partial charge < -0.3 is 0 Å². The van der Waals surface area contributed by atoms with Gasteiger partial charge in [0.15, 0.2) is 0 Å². The Morgan fingerprint density at radius 3 is 3.00 bits per heavy atom. The summed E-state index contributed by atoms with van der Waals surface area (Å²) in [6.45, 7) is 0. The lowest BCUT2D eigenvalue weighted by molar-refractivity contribution is 1.29. The van der Waals surface area contributed by atoms with Crippen molar-refractivity contribution in [3.63, 3.8) is 0 Å². The molecule has 2 rings (SSSR count). The SMILES string of the molecule is N#Cc1ccc2cnccc2n1. The van der Waals surface area contributed by atoms with Crippen molar-refractivity contribution in [2.45, 2.75) is 0 Å². The fourth-order valence-electron chi connectivity index (χ4n) is 1.03. The highest BCUT2D eigenvalue weighted by Gasteiger charge is 1.94. The van der Waals surface area contributed by atoms with E-state index in [0.29, 0.717) is 5.69 Å². The summed E-state index contributed by atoms with van der Waals surface area (Å²) < 4.78 is 0. The molecule has 0 aliphatic rings. The molecule has 0 bridgehead atoms. The fraction of sp³-hybridized carbons (Fsp3) is 0. The number of hydrogen-bond acceptors (Lipinski definition) is 3. The highest BCUT2D eigenvalue weighted by Crippen LogP contribution is 2.09. The van der Waals surface area contributed by atoms with Crippen LogP contribution in [0.5, 0.6) is 0 Å². The van der Waals surface area contributed by atoms with Crippen molar-refractivity contribution in [3.8, 4) is 6.07 Å². The van der Waals surface area contributed by atoms with Crippen molar-refractivity contribution in [1.82, 2.24) is 9.97 Å². The van der Waals surface area contributed by atoms with Gasteiger partial charge in [-0.25, -0.2) is 4.98 Å². The molecule has 0 fully saturated rings. The number of nitrogens with zero attached hydrogens (tertiary/aromatic N) is 3. The Morgan fingerprint density at radius 2 is 2.17 bits per heavy atom. The summed E-state index contributed by atoms with van der Waals surface area (Å²) >= 11 is 0. The molecule has 0 aromatic carbocycles. The number of aromatic nitrogens is 2. The van der Waals surface area contributed by atoms with Crippen LogP contribution in [-0.2, 0) is 0 Å². The first-order valence-electron chi connectivity index (χ1n) is 3.51. The first-order chi connectivity index (χ1) is 5.90. The zero-order valence-electron chi connectivity index (χ0n) is 6.23. The van der Waals surface area contributed by atoms with Gasteiger partial charge in [0.2, 0.25) is 0 Å². The van der Waals surface area contributed by atoms with Gasteiger partial charge >= 0.3 is 0 Å². The molecule has 0 N–H and O–H groups in total. The first kappa shape index (κ1) is 6.74. The van der Waals surface area contributed by atoms with Crippen molar-refractivity contribution >= 4 is 10.9 Å². The zero-order chi connectivity index (χ0) is 8.39. The van der Waals surface area contributed by atoms with E-state index in [-0.39, 0.29) is 0 Å². The minimum absolute atomic E-state index is 0.439. The molecule has 0 atom stereocenters. The largest absolute Gasteiger partial charge is 0.264 e. The monoisotopic (exact) mass is 155 g/mol. The average molecular weight is 155 g/mol. The van der Waals surface area contributed by atoms with Gasteiger partial charge in [-0.15, -0.1) is 0 Å². The predicted octanol–water partition coefficient (Wildman–Crippen LogP) is 1.50. The van der Waals surface area contributed by atoms with E-state index in [1.54, 1.807) is 24.5 Å². The van der Waals surface area contributed by atoms with Gasteiger partial charge in [0.1, 0.15) is 11.8 Å². The molecular formula is C9H5N3. The molecule has 0 saturated heterocycles. The van der Waals surface area contributed by atoms with Crippen molar-refractivity contribution in [2.75, 3.05) is 0 Å². The van der Waals surface area contributed by atoms with Crippen LogP contribution in [-0.4, -0.2) is 9.97 Å². The first-order valence-corrected chi connectivity index (χ1v) is 3.51. The summed E-state index contributed by atoms with van der Waals surface area (Å²) in [5.41, 5.74) is 1.25. The molecule has 0 unspecified atom stereocenters. The molecule has 0 spiro atoms. The third-order valence-electron chi connectivity index (χ3n) is 1.60. The molecule has 3 heteroatoms. The van der Waals surface area contributed by atoms with Crippen LogP contribution in [0.3, 0.4) is 0 Å². The van der Waals surface area contributed by atoms with Gasteiger partial charge in [-0.3, -0.25) is 4.98 Å². The maximum Gasteiger partial charge on any atom is 0.141 e. The van der Waals surface area contributed by atoms with Crippen LogP contribution in [0.25, 0.3) is 10.9 Å². The van der Waals surface area contributed by atoms with E-state index in [1.807, 2.05) is 12.1 Å². The molecule has 56 valence electrons. The number of pyridine rings is 2. The van der Waals surface area contributed by atoms with E-state index in [9.17, 15) is 0 Å². The van der Waals surface area contributed by atoms with Crippen molar-refractivity contribution in [3.05, 3.63) is 36.3 Å². The molecule has 0 aliphatic heterocycles. The Balaban J connectivity index is 2.78. The van der Waals surface area contributed by atoms with E-state index in [1.165, 1.54) is 0 Å². The Bertz CT molecular complexity index is 457. The fourth-order valence-corrected chi connectivity index (χ4v) is 1.03. The van der Waals surface area contributed by atoms with Gasteiger partial charge in [-0.1, -0.05) is 0 Å². The van der Waals surface area contributed by atoms with E-state index in [4.69, 9.17) is 5.26 Å². The maximum atomic E-state index is 8.57. The zero-order valence-corrected chi connectivity index (χ0v) is 6.23. The highest BCUT2D eigenvalue weighted by atomic mass is 14.7. The van der Waals surface area contributed by atoms with Crippen LogP contribution in [0.4, 0.5) is 0 Å². The van der Waals surface area contributed by atoms with Gasteiger partial charge in [0, 0.05) is 17.8 Å². The summed E-state index contributed by atoms with van der Waals surface area (Å²) in [6, 6.07) is 7.30. The number of fused-ring (bicyclic) bond motifs is 1. The Hall–Kier alpha value is -1.95. The van der Waals surface area contributed by atoms with E-state index in [0.717, 1.165) is 10.9 Å². The second kappa shape index (κ2) is 2.59. The lowest BCUT2D eigenvalue weighted by Gasteiger charge is -1.94. The van der Waals surface area contributed by atoms with Crippen LogP contribution in [0, 0.1) is 11.3 Å². The lowest BCUT2D eigenvalue weighted by Crippen LogP contribution is -1.83. The summed E-state index contributed by atoms with van der Waals surface area (Å²) in [6.07, 6.45) is 3.39. The molecule has 12 heavy (non-hydrogen) atoms. The maximum absolute atomic E-state index is 8.57. The topological polar surface area (TPSA) is 49.6 Å². The summed E-state index contributed by atoms with van der Waals surface area (Å²) in [5, 5.41) is 9.52. The molecule has 0 amide bonds. The normalized spacial score (nSPS) is 9.58. The minimum atomic E-state index is 0.439. The highest BCUT2D eigenvalue weighted by molar-refractivity contribution is 5.77. The molecule has 2 aromatic rings. The van der Waals surface area contributed by atoms with Gasteiger partial charge in [0.25, 0.3) is 0 Å². The van der Waals surface area contributed by atoms with E-state index in [2.05, 4.69) is 9.97 Å². The Morgan fingerprint density at radius 1 is 1.25 bits per heavy atom. The Labute approximate surface area is 69.3 Å². The van der Waals surface area contributed by atoms with Crippen molar-refractivity contribution in [2.24, 2.45) is 0 Å². The number of rotatable bonds is 0. The van der Waals surface area contributed by atoms with Crippen molar-refractivity contribution < 1.29 is 0 Å². The smallest absolute Gasteiger partial charge is 0.141 e. The standard InChI is InChI=1S/C9H5N3/c10-5-8-2-1-7-6-11-4-3-9(7)12-8/h1-4,6H. The summed E-state index contributed by atoms with van der Waals surface area (Å²) in [4.78, 5) is 8.04. The van der Waals surface area contributed by atoms with Gasteiger partial charge in [-0.2, -0.15) is 5.26 Å². The molecular weight excluding hydrogens is 150 g/mol. The molecule has 2 heterocycles. The minimum Gasteiger partial charge on any atom is -0.264 e. The quantitative estimate of drug-likeness (QED) is 0.579. The Kier molecular flexibility index (Phi) is 1.45. The third kappa shape index (κ3) is 0.995. The second-order valence-corrected chi connectivity index (χ2v) is 2.38. The van der Waals surface area contributed by atoms with Gasteiger partial charge in [-0.05, 0) is 18.2 Å². The van der Waals surface area contributed by atoms with Crippen LogP contribution >= 0.6 is 0 Å².